The first-order valence-electron chi connectivity index (χ1n) is 10.9. The quantitative estimate of drug-likeness (QED) is 0.420. The van der Waals surface area contributed by atoms with Gasteiger partial charge in [-0.3, -0.25) is 0 Å². The second-order valence-electron chi connectivity index (χ2n) is 8.01. The molecule has 3 N–H and O–H groups in total. The number of hydrogen-bond donors (Lipinski definition) is 3. The number of aromatic nitrogens is 1. The van der Waals surface area contributed by atoms with Gasteiger partial charge in [-0.2, -0.15) is 0 Å². The van der Waals surface area contributed by atoms with Crippen molar-refractivity contribution in [3.05, 3.63) is 82.7 Å². The molecule has 2 aromatic carbocycles. The predicted octanol–water partition coefficient (Wildman–Crippen LogP) is 4.60. The third kappa shape index (κ3) is 4.03. The number of fused-ring (bicyclic) bond motifs is 1. The molecule has 6 nitrogen and oxygen atoms in total. The van der Waals surface area contributed by atoms with E-state index < -0.39 is 0 Å². The highest BCUT2D eigenvalue weighted by atomic mass is 32.1. The van der Waals surface area contributed by atoms with Gasteiger partial charge in [0.1, 0.15) is 5.75 Å². The molecule has 1 aliphatic heterocycles. The topological polar surface area (TPSA) is 71.6 Å². The minimum absolute atomic E-state index is 0.0386. The van der Waals surface area contributed by atoms with Crippen LogP contribution in [-0.2, 0) is 0 Å². The van der Waals surface area contributed by atoms with Gasteiger partial charge in [0.25, 0.3) is 0 Å². The number of para-hydroxylation sites is 3. The Morgan fingerprint density at radius 3 is 2.59 bits per heavy atom. The van der Waals surface area contributed by atoms with Crippen LogP contribution in [0.5, 0.6) is 5.75 Å². The number of carbonyl (C=O) groups excluding carboxylic acids is 1. The molecule has 4 aromatic rings. The first-order chi connectivity index (χ1) is 15.7. The third-order valence-corrected chi connectivity index (χ3v) is 7.12. The third-order valence-electron chi connectivity index (χ3n) is 6.13. The van der Waals surface area contributed by atoms with Gasteiger partial charge >= 0.3 is 6.03 Å². The van der Waals surface area contributed by atoms with Gasteiger partial charge in [-0.25, -0.2) is 4.79 Å². The van der Waals surface area contributed by atoms with Crippen LogP contribution < -0.4 is 10.2 Å². The van der Waals surface area contributed by atoms with E-state index in [0.717, 1.165) is 11.2 Å². The minimum atomic E-state index is -0.0386. The van der Waals surface area contributed by atoms with Crippen molar-refractivity contribution in [1.82, 2.24) is 15.2 Å². The summed E-state index contributed by atoms with van der Waals surface area (Å²) in [5.41, 5.74) is 3.13. The number of piperazine rings is 1. The molecule has 3 heterocycles. The monoisotopic (exact) mass is 446 g/mol. The number of aromatic amines is 1. The van der Waals surface area contributed by atoms with Gasteiger partial charge in [0.15, 0.2) is 0 Å². The number of rotatable bonds is 5. The maximum Gasteiger partial charge on any atom is 0.317 e. The molecule has 1 atom stereocenters. The number of anilines is 1. The summed E-state index contributed by atoms with van der Waals surface area (Å²) in [5.74, 6) is 0.376. The van der Waals surface area contributed by atoms with E-state index in [9.17, 15) is 9.90 Å². The standard InChI is InChI=1S/C25H26N4O2S/c30-23-9-4-3-8-22(23)28-11-13-29(14-12-28)25(31)27-17-20(24-10-5-15-32-24)19-16-26-21-7-2-1-6-18(19)21/h1-10,15-16,20,26,30H,11-14,17H2,(H,27,31). The van der Waals surface area contributed by atoms with E-state index in [2.05, 4.69) is 51.0 Å². The Kier molecular flexibility index (Phi) is 5.73. The van der Waals surface area contributed by atoms with Crippen molar-refractivity contribution in [3.63, 3.8) is 0 Å². The number of hydrogen-bond acceptors (Lipinski definition) is 4. The van der Waals surface area contributed by atoms with E-state index in [-0.39, 0.29) is 17.7 Å². The molecule has 1 aliphatic rings. The van der Waals surface area contributed by atoms with Gasteiger partial charge in [-0.1, -0.05) is 36.4 Å². The van der Waals surface area contributed by atoms with Crippen molar-refractivity contribution in [2.24, 2.45) is 0 Å². The van der Waals surface area contributed by atoms with Crippen LogP contribution in [0.15, 0.2) is 72.2 Å². The molecule has 0 bridgehead atoms. The smallest absolute Gasteiger partial charge is 0.317 e. The minimum Gasteiger partial charge on any atom is -0.506 e. The summed E-state index contributed by atoms with van der Waals surface area (Å²) in [6.07, 6.45) is 2.06. The van der Waals surface area contributed by atoms with Crippen LogP contribution in [0.1, 0.15) is 16.4 Å². The van der Waals surface area contributed by atoms with Crippen LogP contribution in [0.3, 0.4) is 0 Å². The summed E-state index contributed by atoms with van der Waals surface area (Å²) in [6, 6.07) is 19.8. The Labute approximate surface area is 191 Å². The number of benzene rings is 2. The molecule has 1 fully saturated rings. The largest absolute Gasteiger partial charge is 0.506 e. The number of aromatic hydroxyl groups is 1. The van der Waals surface area contributed by atoms with E-state index in [1.165, 1.54) is 15.8 Å². The molecule has 2 amide bonds. The van der Waals surface area contributed by atoms with Crippen LogP contribution in [0, 0.1) is 0 Å². The number of carbonyl (C=O) groups is 1. The molecule has 7 heteroatoms. The lowest BCUT2D eigenvalue weighted by Crippen LogP contribution is -2.52. The Hall–Kier alpha value is -3.45. The summed E-state index contributed by atoms with van der Waals surface area (Å²) in [4.78, 5) is 21.5. The molecule has 5 rings (SSSR count). The Balaban J connectivity index is 1.25. The van der Waals surface area contributed by atoms with E-state index in [1.54, 1.807) is 17.4 Å². The lowest BCUT2D eigenvalue weighted by molar-refractivity contribution is 0.194. The summed E-state index contributed by atoms with van der Waals surface area (Å²) in [5, 5.41) is 16.5. The summed E-state index contributed by atoms with van der Waals surface area (Å²) < 4.78 is 0. The second-order valence-corrected chi connectivity index (χ2v) is 8.99. The van der Waals surface area contributed by atoms with Crippen LogP contribution in [-0.4, -0.2) is 53.7 Å². The number of nitrogens with zero attached hydrogens (tertiary/aromatic N) is 2. The number of phenols is 1. The zero-order chi connectivity index (χ0) is 21.9. The van der Waals surface area contributed by atoms with Gasteiger partial charge in [-0.05, 0) is 35.2 Å². The normalized spacial score (nSPS) is 15.1. The molecule has 1 unspecified atom stereocenters. The van der Waals surface area contributed by atoms with E-state index in [4.69, 9.17) is 0 Å². The summed E-state index contributed by atoms with van der Waals surface area (Å²) in [7, 11) is 0. The fourth-order valence-electron chi connectivity index (χ4n) is 4.42. The van der Waals surface area contributed by atoms with Crippen molar-refractivity contribution in [1.29, 1.82) is 0 Å². The summed E-state index contributed by atoms with van der Waals surface area (Å²) in [6.45, 7) is 3.18. The molecule has 1 saturated heterocycles. The first kappa shape index (κ1) is 20.5. The highest BCUT2D eigenvalue weighted by molar-refractivity contribution is 7.10. The van der Waals surface area contributed by atoms with Crippen LogP contribution in [0.2, 0.25) is 0 Å². The molecule has 0 aliphatic carbocycles. The number of amides is 2. The van der Waals surface area contributed by atoms with Crippen molar-refractivity contribution < 1.29 is 9.90 Å². The fourth-order valence-corrected chi connectivity index (χ4v) is 5.26. The molecule has 0 radical (unpaired) electrons. The maximum absolute atomic E-state index is 13.0. The second kappa shape index (κ2) is 8.96. The average Bonchev–Trinajstić information content (AvgIpc) is 3.51. The zero-order valence-corrected chi connectivity index (χ0v) is 18.5. The van der Waals surface area contributed by atoms with Gasteiger partial charge in [0.05, 0.1) is 5.69 Å². The van der Waals surface area contributed by atoms with Crippen molar-refractivity contribution >= 4 is 34.0 Å². The van der Waals surface area contributed by atoms with Gasteiger partial charge in [0.2, 0.25) is 0 Å². The lowest BCUT2D eigenvalue weighted by Gasteiger charge is -2.36. The van der Waals surface area contributed by atoms with Gasteiger partial charge < -0.3 is 25.2 Å². The average molecular weight is 447 g/mol. The number of H-pyrrole nitrogens is 1. The van der Waals surface area contributed by atoms with Crippen LogP contribution >= 0.6 is 11.3 Å². The Morgan fingerprint density at radius 2 is 1.81 bits per heavy atom. The van der Waals surface area contributed by atoms with Crippen molar-refractivity contribution in [2.75, 3.05) is 37.6 Å². The number of phenolic OH excluding ortho intramolecular Hbond substituents is 1. The highest BCUT2D eigenvalue weighted by Gasteiger charge is 2.25. The van der Waals surface area contributed by atoms with E-state index in [1.807, 2.05) is 35.2 Å². The SMILES string of the molecule is O=C(NCC(c1cccs1)c1c[nH]c2ccccc12)N1CCN(c2ccccc2O)CC1. The summed E-state index contributed by atoms with van der Waals surface area (Å²) >= 11 is 1.72. The van der Waals surface area contributed by atoms with Crippen molar-refractivity contribution in [3.8, 4) is 5.75 Å². The van der Waals surface area contributed by atoms with Crippen LogP contribution in [0.4, 0.5) is 10.5 Å². The number of thiophene rings is 1. The highest BCUT2D eigenvalue weighted by Crippen LogP contribution is 2.33. The Morgan fingerprint density at radius 1 is 1.03 bits per heavy atom. The zero-order valence-electron chi connectivity index (χ0n) is 17.7. The molecule has 164 valence electrons. The molecular weight excluding hydrogens is 420 g/mol. The van der Waals surface area contributed by atoms with Gasteiger partial charge in [0, 0.05) is 60.6 Å². The Bertz CT molecular complexity index is 1200. The lowest BCUT2D eigenvalue weighted by atomic mass is 9.97. The van der Waals surface area contributed by atoms with Gasteiger partial charge in [-0.15, -0.1) is 11.3 Å². The number of nitrogens with one attached hydrogen (secondary N) is 2. The van der Waals surface area contributed by atoms with E-state index >= 15 is 0 Å². The maximum atomic E-state index is 13.0. The van der Waals surface area contributed by atoms with E-state index in [0.29, 0.717) is 32.7 Å². The van der Waals surface area contributed by atoms with Crippen LogP contribution in [0.25, 0.3) is 10.9 Å². The molecule has 0 spiro atoms. The van der Waals surface area contributed by atoms with Crippen molar-refractivity contribution in [2.45, 2.75) is 5.92 Å². The molecule has 2 aromatic heterocycles. The molecular formula is C25H26N4O2S. The number of urea groups is 1. The fraction of sp³-hybridized carbons (Fsp3) is 0.240. The first-order valence-corrected chi connectivity index (χ1v) is 11.7. The predicted molar refractivity (Wildman–Crippen MR) is 130 cm³/mol. The molecule has 0 saturated carbocycles. The molecule has 32 heavy (non-hydrogen) atoms.